The van der Waals surface area contributed by atoms with Crippen LogP contribution in [0.3, 0.4) is 0 Å². The van der Waals surface area contributed by atoms with Crippen LogP contribution in [-0.2, 0) is 4.74 Å². The highest BCUT2D eigenvalue weighted by atomic mass is 16.6. The van der Waals surface area contributed by atoms with Gasteiger partial charge < -0.3 is 15.0 Å². The first-order valence-electron chi connectivity index (χ1n) is 6.15. The summed E-state index contributed by atoms with van der Waals surface area (Å²) in [6.07, 6.45) is 2.14. The van der Waals surface area contributed by atoms with Gasteiger partial charge in [0.25, 0.3) is 5.70 Å². The van der Waals surface area contributed by atoms with Crippen molar-refractivity contribution in [2.24, 2.45) is 0 Å². The van der Waals surface area contributed by atoms with Crippen LogP contribution < -0.4 is 5.32 Å². The summed E-state index contributed by atoms with van der Waals surface area (Å²) in [6.45, 7) is 5.57. The van der Waals surface area contributed by atoms with E-state index in [-0.39, 0.29) is 17.2 Å². The number of hydrogen-bond acceptors (Lipinski definition) is 5. The third-order valence-electron chi connectivity index (χ3n) is 3.12. The number of nitrogens with zero attached hydrogens (tertiary/aromatic N) is 2. The number of allylic oxidation sites excluding steroid dienone is 1. The van der Waals surface area contributed by atoms with Gasteiger partial charge in [-0.1, -0.05) is 6.92 Å². The predicted molar refractivity (Wildman–Crippen MR) is 62.6 cm³/mol. The van der Waals surface area contributed by atoms with Gasteiger partial charge in [-0.15, -0.1) is 0 Å². The Morgan fingerprint density at radius 3 is 3.06 bits per heavy atom. The lowest BCUT2D eigenvalue weighted by Crippen LogP contribution is -2.40. The molecule has 96 valence electrons. The highest BCUT2D eigenvalue weighted by Gasteiger charge is 2.39. The zero-order valence-electron chi connectivity index (χ0n) is 10.3. The second-order valence-corrected chi connectivity index (χ2v) is 4.61. The van der Waals surface area contributed by atoms with Gasteiger partial charge in [-0.2, -0.15) is 0 Å². The van der Waals surface area contributed by atoms with Crippen LogP contribution in [0.2, 0.25) is 0 Å². The van der Waals surface area contributed by atoms with Gasteiger partial charge in [0.1, 0.15) is 6.23 Å². The number of ether oxygens (including phenoxy) is 1. The summed E-state index contributed by atoms with van der Waals surface area (Å²) in [5, 5.41) is 14.1. The molecule has 0 aliphatic carbocycles. The van der Waals surface area contributed by atoms with Crippen LogP contribution in [0.5, 0.6) is 0 Å². The minimum atomic E-state index is -0.274. The van der Waals surface area contributed by atoms with E-state index in [2.05, 4.69) is 12.2 Å². The van der Waals surface area contributed by atoms with E-state index in [0.29, 0.717) is 31.0 Å². The molecular formula is C11H19N3O3. The van der Waals surface area contributed by atoms with E-state index < -0.39 is 0 Å². The number of fused-ring (bicyclic) bond motifs is 1. The summed E-state index contributed by atoms with van der Waals surface area (Å²) in [6, 6.07) is 0.241. The van der Waals surface area contributed by atoms with E-state index in [1.54, 1.807) is 0 Å². The largest absolute Gasteiger partial charge is 0.362 e. The summed E-state index contributed by atoms with van der Waals surface area (Å²) >= 11 is 0. The first kappa shape index (κ1) is 12.2. The molecule has 0 saturated carbocycles. The minimum absolute atomic E-state index is 0.00824. The SMILES string of the molecule is CCCOC1CCC([N+](=O)[O-])=C2NC(C)CN21. The second kappa shape index (κ2) is 4.91. The number of rotatable bonds is 4. The van der Waals surface area contributed by atoms with Crippen LogP contribution in [0.4, 0.5) is 0 Å². The van der Waals surface area contributed by atoms with Crippen LogP contribution in [-0.4, -0.2) is 35.2 Å². The summed E-state index contributed by atoms with van der Waals surface area (Å²) in [5.41, 5.74) is 0.297. The summed E-state index contributed by atoms with van der Waals surface area (Å²) < 4.78 is 5.75. The van der Waals surface area contributed by atoms with Crippen molar-refractivity contribution in [3.05, 3.63) is 21.6 Å². The quantitative estimate of drug-likeness (QED) is 0.593. The Bertz CT molecular complexity index is 343. The number of hydrogen-bond donors (Lipinski definition) is 1. The van der Waals surface area contributed by atoms with Crippen molar-refractivity contribution in [1.29, 1.82) is 0 Å². The van der Waals surface area contributed by atoms with Gasteiger partial charge in [0, 0.05) is 32.0 Å². The molecule has 6 heteroatoms. The van der Waals surface area contributed by atoms with Crippen molar-refractivity contribution in [3.8, 4) is 0 Å². The van der Waals surface area contributed by atoms with Gasteiger partial charge in [0.15, 0.2) is 5.82 Å². The second-order valence-electron chi connectivity index (χ2n) is 4.61. The lowest BCUT2D eigenvalue weighted by molar-refractivity contribution is -0.432. The molecule has 0 bridgehead atoms. The highest BCUT2D eigenvalue weighted by Crippen LogP contribution is 2.30. The first-order chi connectivity index (χ1) is 8.13. The molecule has 2 unspecified atom stereocenters. The molecule has 2 atom stereocenters. The molecule has 0 spiro atoms. The molecule has 0 aromatic rings. The first-order valence-corrected chi connectivity index (χ1v) is 6.15. The molecule has 1 fully saturated rings. The molecule has 0 amide bonds. The number of nitrogens with one attached hydrogen (secondary N) is 1. The van der Waals surface area contributed by atoms with Crippen molar-refractivity contribution in [2.45, 2.75) is 45.4 Å². The van der Waals surface area contributed by atoms with E-state index in [0.717, 1.165) is 13.0 Å². The molecule has 1 saturated heterocycles. The lowest BCUT2D eigenvalue weighted by atomic mass is 10.1. The van der Waals surface area contributed by atoms with E-state index in [1.807, 2.05) is 11.8 Å². The van der Waals surface area contributed by atoms with E-state index >= 15 is 0 Å². The van der Waals surface area contributed by atoms with Crippen LogP contribution in [0.25, 0.3) is 0 Å². The fourth-order valence-corrected chi connectivity index (χ4v) is 2.40. The van der Waals surface area contributed by atoms with Crippen LogP contribution in [0.1, 0.15) is 33.1 Å². The molecule has 2 heterocycles. The third kappa shape index (κ3) is 2.36. The fraction of sp³-hybridized carbons (Fsp3) is 0.818. The van der Waals surface area contributed by atoms with E-state index in [9.17, 15) is 10.1 Å². The molecule has 6 nitrogen and oxygen atoms in total. The maximum atomic E-state index is 11.0. The maximum Gasteiger partial charge on any atom is 0.286 e. The third-order valence-corrected chi connectivity index (χ3v) is 3.12. The van der Waals surface area contributed by atoms with Crippen LogP contribution in [0, 0.1) is 10.1 Å². The Morgan fingerprint density at radius 1 is 1.65 bits per heavy atom. The molecule has 0 aromatic heterocycles. The Balaban J connectivity index is 2.17. The molecule has 0 aromatic carbocycles. The van der Waals surface area contributed by atoms with Crippen molar-refractivity contribution >= 4 is 0 Å². The molecule has 2 rings (SSSR count). The van der Waals surface area contributed by atoms with Crippen molar-refractivity contribution in [2.75, 3.05) is 13.2 Å². The van der Waals surface area contributed by atoms with Gasteiger partial charge in [-0.3, -0.25) is 10.1 Å². The van der Waals surface area contributed by atoms with Crippen LogP contribution in [0.15, 0.2) is 11.5 Å². The Morgan fingerprint density at radius 2 is 2.41 bits per heavy atom. The average molecular weight is 241 g/mol. The van der Waals surface area contributed by atoms with Crippen LogP contribution >= 0.6 is 0 Å². The Kier molecular flexibility index (Phi) is 3.51. The maximum absolute atomic E-state index is 11.0. The van der Waals surface area contributed by atoms with Crippen molar-refractivity contribution in [3.63, 3.8) is 0 Å². The van der Waals surface area contributed by atoms with Gasteiger partial charge >= 0.3 is 0 Å². The van der Waals surface area contributed by atoms with Crippen molar-refractivity contribution in [1.82, 2.24) is 10.2 Å². The van der Waals surface area contributed by atoms with Gasteiger partial charge in [-0.05, 0) is 13.3 Å². The molecule has 2 aliphatic heterocycles. The number of nitro groups is 1. The van der Waals surface area contributed by atoms with Gasteiger partial charge in [0.05, 0.1) is 4.92 Å². The standard InChI is InChI=1S/C11H19N3O3/c1-3-6-17-10-5-4-9(14(15)16)11-12-8(2)7-13(10)11/h8,10,12H,3-7H2,1-2H3. The van der Waals surface area contributed by atoms with Crippen molar-refractivity contribution < 1.29 is 9.66 Å². The minimum Gasteiger partial charge on any atom is -0.362 e. The molecule has 1 N–H and O–H groups in total. The molecular weight excluding hydrogens is 222 g/mol. The summed E-state index contributed by atoms with van der Waals surface area (Å²) in [7, 11) is 0. The average Bonchev–Trinajstić information content (AvgIpc) is 2.66. The van der Waals surface area contributed by atoms with Gasteiger partial charge in [-0.25, -0.2) is 0 Å². The fourth-order valence-electron chi connectivity index (χ4n) is 2.40. The van der Waals surface area contributed by atoms with Gasteiger partial charge in [0.2, 0.25) is 0 Å². The zero-order valence-corrected chi connectivity index (χ0v) is 10.3. The zero-order chi connectivity index (χ0) is 12.4. The topological polar surface area (TPSA) is 67.6 Å². The lowest BCUT2D eigenvalue weighted by Gasteiger charge is -2.32. The predicted octanol–water partition coefficient (Wildman–Crippen LogP) is 1.27. The smallest absolute Gasteiger partial charge is 0.286 e. The summed E-state index contributed by atoms with van der Waals surface area (Å²) in [4.78, 5) is 12.7. The van der Waals surface area contributed by atoms with E-state index in [4.69, 9.17) is 4.74 Å². The monoisotopic (exact) mass is 241 g/mol. The Hall–Kier alpha value is -1.30. The molecule has 0 radical (unpaired) electrons. The summed E-state index contributed by atoms with van der Waals surface area (Å²) in [5.74, 6) is 0.662. The Labute approximate surface area is 101 Å². The van der Waals surface area contributed by atoms with E-state index in [1.165, 1.54) is 0 Å². The normalized spacial score (nSPS) is 28.0. The molecule has 2 aliphatic rings. The highest BCUT2D eigenvalue weighted by molar-refractivity contribution is 5.15. The molecule has 17 heavy (non-hydrogen) atoms.